The van der Waals surface area contributed by atoms with Gasteiger partial charge in [0.05, 0.1) is 17.7 Å². The van der Waals surface area contributed by atoms with Gasteiger partial charge in [-0.25, -0.2) is 0 Å². The average Bonchev–Trinajstić information content (AvgIpc) is 3.22. The first-order chi connectivity index (χ1) is 12.6. The molecule has 8 heteroatoms. The van der Waals surface area contributed by atoms with Gasteiger partial charge in [0, 0.05) is 16.6 Å². The van der Waals surface area contributed by atoms with Gasteiger partial charge in [-0.05, 0) is 48.0 Å². The molecular weight excluding hydrogens is 398 g/mol. The summed E-state index contributed by atoms with van der Waals surface area (Å²) in [5.41, 5.74) is 1.81. The van der Waals surface area contributed by atoms with Crippen LogP contribution in [0.4, 0.5) is 0 Å². The minimum Gasteiger partial charge on any atom is -0.274 e. The molecule has 0 saturated carbocycles. The van der Waals surface area contributed by atoms with Crippen molar-refractivity contribution >= 4 is 27.7 Å². The van der Waals surface area contributed by atoms with Crippen LogP contribution in [0.25, 0.3) is 11.4 Å². The molecule has 0 fully saturated rings. The number of amides is 2. The number of fused-ring (bicyclic) bond motifs is 1. The van der Waals surface area contributed by atoms with Crippen LogP contribution in [0.2, 0.25) is 0 Å². The van der Waals surface area contributed by atoms with E-state index in [0.29, 0.717) is 36.5 Å². The number of tetrazole rings is 1. The molecule has 0 aliphatic carbocycles. The normalized spacial score (nSPS) is 13.3. The molecule has 1 aliphatic rings. The molecule has 0 saturated heterocycles. The van der Waals surface area contributed by atoms with Gasteiger partial charge in [-0.1, -0.05) is 28.1 Å². The Morgan fingerprint density at radius 2 is 1.54 bits per heavy atom. The molecule has 0 spiro atoms. The summed E-state index contributed by atoms with van der Waals surface area (Å²) in [7, 11) is 0. The van der Waals surface area contributed by atoms with Crippen molar-refractivity contribution in [2.75, 3.05) is 6.54 Å². The summed E-state index contributed by atoms with van der Waals surface area (Å²) in [6.45, 7) is 0.790. The highest BCUT2D eigenvalue weighted by molar-refractivity contribution is 9.10. The zero-order valence-corrected chi connectivity index (χ0v) is 15.3. The Balaban J connectivity index is 1.38. The monoisotopic (exact) mass is 411 g/mol. The first-order valence-corrected chi connectivity index (χ1v) is 8.92. The molecule has 1 aromatic heterocycles. The molecule has 0 unspecified atom stereocenters. The summed E-state index contributed by atoms with van der Waals surface area (Å²) >= 11 is 3.39. The van der Waals surface area contributed by atoms with Gasteiger partial charge in [0.1, 0.15) is 0 Å². The van der Waals surface area contributed by atoms with Crippen molar-refractivity contribution in [2.45, 2.75) is 13.0 Å². The third kappa shape index (κ3) is 3.03. The first-order valence-electron chi connectivity index (χ1n) is 8.12. The summed E-state index contributed by atoms with van der Waals surface area (Å²) in [4.78, 5) is 27.4. The molecule has 130 valence electrons. The van der Waals surface area contributed by atoms with Crippen LogP contribution in [-0.2, 0) is 6.54 Å². The van der Waals surface area contributed by atoms with E-state index in [4.69, 9.17) is 0 Å². The Hall–Kier alpha value is -2.87. The largest absolute Gasteiger partial charge is 0.274 e. The van der Waals surface area contributed by atoms with Crippen LogP contribution in [-0.4, -0.2) is 43.5 Å². The molecule has 0 bridgehead atoms. The molecule has 26 heavy (non-hydrogen) atoms. The lowest BCUT2D eigenvalue weighted by molar-refractivity contribution is 0.0649. The highest BCUT2D eigenvalue weighted by Crippen LogP contribution is 2.22. The fourth-order valence-electron chi connectivity index (χ4n) is 2.86. The number of imide groups is 1. The second-order valence-corrected chi connectivity index (χ2v) is 6.79. The molecule has 0 radical (unpaired) electrons. The van der Waals surface area contributed by atoms with Gasteiger partial charge in [-0.2, -0.15) is 4.80 Å². The van der Waals surface area contributed by atoms with E-state index in [0.717, 1.165) is 10.0 Å². The molecule has 2 amide bonds. The van der Waals surface area contributed by atoms with E-state index >= 15 is 0 Å². The van der Waals surface area contributed by atoms with E-state index in [9.17, 15) is 9.59 Å². The van der Waals surface area contributed by atoms with E-state index < -0.39 is 0 Å². The number of carbonyl (C=O) groups is 2. The Morgan fingerprint density at radius 3 is 2.19 bits per heavy atom. The van der Waals surface area contributed by atoms with Gasteiger partial charge in [0.25, 0.3) is 11.8 Å². The lowest BCUT2D eigenvalue weighted by atomic mass is 10.1. The van der Waals surface area contributed by atoms with Crippen molar-refractivity contribution in [3.8, 4) is 11.4 Å². The Bertz CT molecular complexity index is 948. The molecule has 2 aromatic carbocycles. The maximum absolute atomic E-state index is 12.3. The fourth-order valence-corrected chi connectivity index (χ4v) is 3.13. The average molecular weight is 412 g/mol. The predicted molar refractivity (Wildman–Crippen MR) is 97.4 cm³/mol. The van der Waals surface area contributed by atoms with Crippen molar-refractivity contribution in [1.82, 2.24) is 25.1 Å². The van der Waals surface area contributed by atoms with E-state index in [2.05, 4.69) is 31.3 Å². The van der Waals surface area contributed by atoms with Gasteiger partial charge in [0.2, 0.25) is 5.82 Å². The SMILES string of the molecule is O=C1c2ccccc2C(=O)N1CCCn1nnc(-c2ccc(Br)cc2)n1. The number of benzene rings is 2. The number of halogens is 1. The smallest absolute Gasteiger partial charge is 0.261 e. The second kappa shape index (κ2) is 6.80. The van der Waals surface area contributed by atoms with Crippen LogP contribution < -0.4 is 0 Å². The lowest BCUT2D eigenvalue weighted by Gasteiger charge is -2.12. The highest BCUT2D eigenvalue weighted by atomic mass is 79.9. The minimum absolute atomic E-state index is 0.243. The zero-order chi connectivity index (χ0) is 18.1. The molecule has 3 aromatic rings. The first kappa shape index (κ1) is 16.6. The summed E-state index contributed by atoms with van der Waals surface area (Å²) in [6.07, 6.45) is 0.557. The summed E-state index contributed by atoms with van der Waals surface area (Å²) in [5, 5.41) is 12.4. The minimum atomic E-state index is -0.243. The summed E-state index contributed by atoms with van der Waals surface area (Å²) in [6, 6.07) is 14.5. The quantitative estimate of drug-likeness (QED) is 0.602. The van der Waals surface area contributed by atoms with E-state index in [-0.39, 0.29) is 11.8 Å². The number of rotatable bonds is 5. The van der Waals surface area contributed by atoms with Crippen LogP contribution in [0.5, 0.6) is 0 Å². The van der Waals surface area contributed by atoms with Crippen molar-refractivity contribution in [3.05, 3.63) is 64.1 Å². The van der Waals surface area contributed by atoms with Gasteiger partial charge < -0.3 is 0 Å². The zero-order valence-electron chi connectivity index (χ0n) is 13.7. The third-order valence-corrected chi connectivity index (χ3v) is 4.70. The molecule has 2 heterocycles. The van der Waals surface area contributed by atoms with E-state index in [1.807, 2.05) is 24.3 Å². The predicted octanol–water partition coefficient (Wildman–Crippen LogP) is 2.79. The van der Waals surface area contributed by atoms with Crippen molar-refractivity contribution < 1.29 is 9.59 Å². The van der Waals surface area contributed by atoms with Crippen LogP contribution >= 0.6 is 15.9 Å². The Kier molecular flexibility index (Phi) is 4.34. The highest BCUT2D eigenvalue weighted by Gasteiger charge is 2.34. The molecule has 4 rings (SSSR count). The number of hydrogen-bond donors (Lipinski definition) is 0. The standard InChI is InChI=1S/C18H14BrN5O2/c19-13-8-6-12(7-9-13)16-20-22-24(21-16)11-3-10-23-17(25)14-4-1-2-5-15(14)18(23)26/h1-2,4-9H,3,10-11H2. The maximum Gasteiger partial charge on any atom is 0.261 e. The molecule has 7 nitrogen and oxygen atoms in total. The van der Waals surface area contributed by atoms with Gasteiger partial charge in [-0.3, -0.25) is 14.5 Å². The number of nitrogens with zero attached hydrogens (tertiary/aromatic N) is 5. The summed E-state index contributed by atoms with van der Waals surface area (Å²) < 4.78 is 0.981. The number of aryl methyl sites for hydroxylation is 1. The van der Waals surface area contributed by atoms with Crippen LogP contribution in [0, 0.1) is 0 Å². The fraction of sp³-hybridized carbons (Fsp3) is 0.167. The topological polar surface area (TPSA) is 81.0 Å². The second-order valence-electron chi connectivity index (χ2n) is 5.88. The maximum atomic E-state index is 12.3. The number of hydrogen-bond acceptors (Lipinski definition) is 5. The van der Waals surface area contributed by atoms with Gasteiger partial charge in [0.15, 0.2) is 0 Å². The van der Waals surface area contributed by atoms with Gasteiger partial charge >= 0.3 is 0 Å². The van der Waals surface area contributed by atoms with Crippen molar-refractivity contribution in [2.24, 2.45) is 0 Å². The molecular formula is C18H14BrN5O2. The van der Waals surface area contributed by atoms with Crippen LogP contribution in [0.3, 0.4) is 0 Å². The molecule has 0 N–H and O–H groups in total. The Labute approximate surface area is 157 Å². The summed E-state index contributed by atoms with van der Waals surface area (Å²) in [5.74, 6) is 0.0543. The molecule has 0 atom stereocenters. The van der Waals surface area contributed by atoms with Crippen LogP contribution in [0.1, 0.15) is 27.1 Å². The van der Waals surface area contributed by atoms with E-state index in [1.165, 1.54) is 9.70 Å². The van der Waals surface area contributed by atoms with Crippen LogP contribution in [0.15, 0.2) is 53.0 Å². The van der Waals surface area contributed by atoms with Crippen molar-refractivity contribution in [3.63, 3.8) is 0 Å². The van der Waals surface area contributed by atoms with E-state index in [1.54, 1.807) is 24.3 Å². The van der Waals surface area contributed by atoms with Crippen molar-refractivity contribution in [1.29, 1.82) is 0 Å². The lowest BCUT2D eigenvalue weighted by Crippen LogP contribution is -2.31. The number of aromatic nitrogens is 4. The number of carbonyl (C=O) groups excluding carboxylic acids is 2. The molecule has 1 aliphatic heterocycles. The van der Waals surface area contributed by atoms with Gasteiger partial charge in [-0.15, -0.1) is 10.2 Å². The third-order valence-electron chi connectivity index (χ3n) is 4.17. The Morgan fingerprint density at radius 1 is 0.885 bits per heavy atom.